The maximum atomic E-state index is 5.72. The second-order valence-electron chi connectivity index (χ2n) is 3.98. The molecule has 1 aromatic heterocycles. The molecular weight excluding hydrogens is 250 g/mol. The van der Waals surface area contributed by atoms with Crippen molar-refractivity contribution in [3.63, 3.8) is 0 Å². The summed E-state index contributed by atoms with van der Waals surface area (Å²) < 4.78 is 16.5. The lowest BCUT2D eigenvalue weighted by atomic mass is 10.2. The molecule has 0 amide bonds. The van der Waals surface area contributed by atoms with Crippen LogP contribution in [0.15, 0.2) is 28.7 Å². The van der Waals surface area contributed by atoms with Gasteiger partial charge in [0.15, 0.2) is 5.75 Å². The van der Waals surface area contributed by atoms with E-state index in [-0.39, 0.29) is 11.1 Å². The van der Waals surface area contributed by atoms with Gasteiger partial charge in [-0.05, 0) is 19.1 Å². The van der Waals surface area contributed by atoms with Crippen LogP contribution in [0.2, 0.25) is 0 Å². The Bertz CT molecular complexity index is 564. The average Bonchev–Trinajstić information content (AvgIpc) is 2.75. The van der Waals surface area contributed by atoms with Crippen molar-refractivity contribution in [2.75, 3.05) is 13.7 Å². The van der Waals surface area contributed by atoms with Crippen LogP contribution in [0.5, 0.6) is 5.75 Å². The standard InChI is InChI=1S/C13H15NO3S/c1-8(15-2)7-16-11-9-5-3-4-6-10(9)17-12(11)13(14)18/h3-6,8H,7H2,1-2H3,(H2,14,18). The molecule has 18 heavy (non-hydrogen) atoms. The van der Waals surface area contributed by atoms with Crippen molar-refractivity contribution in [1.29, 1.82) is 0 Å². The zero-order valence-corrected chi connectivity index (χ0v) is 11.1. The molecule has 96 valence electrons. The SMILES string of the molecule is COC(C)COc1c(C(N)=S)oc2ccccc12. The van der Waals surface area contributed by atoms with Gasteiger partial charge in [-0.25, -0.2) is 0 Å². The first-order valence-electron chi connectivity index (χ1n) is 5.60. The smallest absolute Gasteiger partial charge is 0.204 e. The summed E-state index contributed by atoms with van der Waals surface area (Å²) in [5.74, 6) is 0.997. The first-order chi connectivity index (χ1) is 8.63. The predicted octanol–water partition coefficient (Wildman–Crippen LogP) is 2.48. The molecule has 1 aromatic carbocycles. The van der Waals surface area contributed by atoms with Crippen LogP contribution in [-0.2, 0) is 4.74 Å². The van der Waals surface area contributed by atoms with Crippen LogP contribution in [-0.4, -0.2) is 24.8 Å². The molecular formula is C13H15NO3S. The highest BCUT2D eigenvalue weighted by atomic mass is 32.1. The summed E-state index contributed by atoms with van der Waals surface area (Å²) in [5, 5.41) is 0.864. The van der Waals surface area contributed by atoms with Crippen LogP contribution < -0.4 is 10.5 Å². The van der Waals surface area contributed by atoms with Crippen LogP contribution in [0.1, 0.15) is 12.7 Å². The van der Waals surface area contributed by atoms with Gasteiger partial charge in [0.1, 0.15) is 17.2 Å². The monoisotopic (exact) mass is 265 g/mol. The first-order valence-corrected chi connectivity index (χ1v) is 6.01. The number of nitrogens with two attached hydrogens (primary N) is 1. The van der Waals surface area contributed by atoms with Gasteiger partial charge in [-0.3, -0.25) is 0 Å². The average molecular weight is 265 g/mol. The van der Waals surface area contributed by atoms with Crippen molar-refractivity contribution in [2.45, 2.75) is 13.0 Å². The fourth-order valence-corrected chi connectivity index (χ4v) is 1.73. The van der Waals surface area contributed by atoms with E-state index in [1.807, 2.05) is 31.2 Å². The van der Waals surface area contributed by atoms with Gasteiger partial charge in [0.05, 0.1) is 11.5 Å². The molecule has 0 aliphatic carbocycles. The number of ether oxygens (including phenoxy) is 2. The maximum Gasteiger partial charge on any atom is 0.204 e. The second-order valence-corrected chi connectivity index (χ2v) is 4.42. The molecule has 1 heterocycles. The number of benzene rings is 1. The molecule has 0 aliphatic rings. The maximum absolute atomic E-state index is 5.72. The Kier molecular flexibility index (Phi) is 3.84. The molecule has 1 atom stereocenters. The van der Waals surface area contributed by atoms with E-state index in [1.54, 1.807) is 7.11 Å². The number of furan rings is 1. The highest BCUT2D eigenvalue weighted by molar-refractivity contribution is 7.80. The predicted molar refractivity (Wildman–Crippen MR) is 74.1 cm³/mol. The fraction of sp³-hybridized carbons (Fsp3) is 0.308. The summed E-state index contributed by atoms with van der Waals surface area (Å²) in [7, 11) is 1.63. The molecule has 0 radical (unpaired) electrons. The van der Waals surface area contributed by atoms with Gasteiger partial charge in [0, 0.05) is 7.11 Å². The summed E-state index contributed by atoms with van der Waals surface area (Å²) in [6.45, 7) is 2.33. The number of fused-ring (bicyclic) bond motifs is 1. The minimum absolute atomic E-state index is 0.0159. The Morgan fingerprint density at radius 1 is 1.44 bits per heavy atom. The Morgan fingerprint density at radius 3 is 2.83 bits per heavy atom. The largest absolute Gasteiger partial charge is 0.486 e. The Balaban J connectivity index is 2.39. The molecule has 0 spiro atoms. The van der Waals surface area contributed by atoms with E-state index < -0.39 is 0 Å². The summed E-state index contributed by atoms with van der Waals surface area (Å²) >= 11 is 4.97. The van der Waals surface area contributed by atoms with Crippen LogP contribution >= 0.6 is 12.2 Å². The molecule has 0 aliphatic heterocycles. The number of thiocarbonyl (C=S) groups is 1. The third-order valence-electron chi connectivity index (χ3n) is 2.64. The molecule has 0 fully saturated rings. The lowest BCUT2D eigenvalue weighted by Gasteiger charge is -2.11. The van der Waals surface area contributed by atoms with Gasteiger partial charge in [-0.2, -0.15) is 0 Å². The lowest BCUT2D eigenvalue weighted by Crippen LogP contribution is -2.17. The summed E-state index contributed by atoms with van der Waals surface area (Å²) in [6.07, 6.45) is -0.0159. The van der Waals surface area contributed by atoms with Crippen molar-refractivity contribution in [3.05, 3.63) is 30.0 Å². The molecule has 0 saturated carbocycles. The van der Waals surface area contributed by atoms with Gasteiger partial charge in [-0.15, -0.1) is 0 Å². The van der Waals surface area contributed by atoms with E-state index in [2.05, 4.69) is 0 Å². The molecule has 2 rings (SSSR count). The van der Waals surface area contributed by atoms with E-state index in [0.717, 1.165) is 5.39 Å². The highest BCUT2D eigenvalue weighted by Crippen LogP contribution is 2.33. The number of para-hydroxylation sites is 1. The third kappa shape index (κ3) is 2.47. The molecule has 4 nitrogen and oxygen atoms in total. The van der Waals surface area contributed by atoms with Crippen LogP contribution in [0.4, 0.5) is 0 Å². The molecule has 5 heteroatoms. The normalized spacial score (nSPS) is 12.6. The first kappa shape index (κ1) is 12.9. The van der Waals surface area contributed by atoms with Crippen molar-refractivity contribution >= 4 is 28.2 Å². The molecule has 2 aromatic rings. The van der Waals surface area contributed by atoms with Gasteiger partial charge in [-0.1, -0.05) is 24.4 Å². The zero-order valence-electron chi connectivity index (χ0n) is 10.3. The van der Waals surface area contributed by atoms with E-state index in [0.29, 0.717) is 23.7 Å². The molecule has 0 saturated heterocycles. The summed E-state index contributed by atoms with van der Waals surface area (Å²) in [4.78, 5) is 0.186. The summed E-state index contributed by atoms with van der Waals surface area (Å²) in [5.41, 5.74) is 6.35. The minimum atomic E-state index is -0.0159. The van der Waals surface area contributed by atoms with Gasteiger partial charge >= 0.3 is 0 Å². The number of rotatable bonds is 5. The van der Waals surface area contributed by atoms with Gasteiger partial charge in [0.2, 0.25) is 5.76 Å². The van der Waals surface area contributed by atoms with Crippen molar-refractivity contribution in [2.24, 2.45) is 5.73 Å². The van der Waals surface area contributed by atoms with Crippen molar-refractivity contribution in [3.8, 4) is 5.75 Å². The Hall–Kier alpha value is -1.59. The summed E-state index contributed by atoms with van der Waals surface area (Å²) in [6, 6.07) is 7.56. The second kappa shape index (κ2) is 5.37. The van der Waals surface area contributed by atoms with Crippen LogP contribution in [0, 0.1) is 0 Å². The minimum Gasteiger partial charge on any atom is -0.486 e. The topological polar surface area (TPSA) is 57.6 Å². The molecule has 0 bridgehead atoms. The van der Waals surface area contributed by atoms with Crippen molar-refractivity contribution in [1.82, 2.24) is 0 Å². The van der Waals surface area contributed by atoms with Crippen LogP contribution in [0.3, 0.4) is 0 Å². The Labute approximate surface area is 111 Å². The van der Waals surface area contributed by atoms with Crippen molar-refractivity contribution < 1.29 is 13.9 Å². The molecule has 1 unspecified atom stereocenters. The van der Waals surface area contributed by atoms with Gasteiger partial charge < -0.3 is 19.6 Å². The lowest BCUT2D eigenvalue weighted by molar-refractivity contribution is 0.0718. The third-order valence-corrected chi connectivity index (χ3v) is 2.82. The number of methoxy groups -OCH3 is 1. The highest BCUT2D eigenvalue weighted by Gasteiger charge is 2.18. The Morgan fingerprint density at radius 2 is 2.17 bits per heavy atom. The zero-order chi connectivity index (χ0) is 13.1. The number of hydrogen-bond donors (Lipinski definition) is 1. The van der Waals surface area contributed by atoms with Crippen LogP contribution in [0.25, 0.3) is 11.0 Å². The van der Waals surface area contributed by atoms with E-state index >= 15 is 0 Å². The fourth-order valence-electron chi connectivity index (χ4n) is 1.60. The van der Waals surface area contributed by atoms with E-state index in [1.165, 1.54) is 0 Å². The number of hydrogen-bond acceptors (Lipinski definition) is 4. The quantitative estimate of drug-likeness (QED) is 0.842. The molecule has 2 N–H and O–H groups in total. The van der Waals surface area contributed by atoms with Gasteiger partial charge in [0.25, 0.3) is 0 Å². The van der Waals surface area contributed by atoms with E-state index in [4.69, 9.17) is 31.8 Å². The van der Waals surface area contributed by atoms with E-state index in [9.17, 15) is 0 Å².